The van der Waals surface area contributed by atoms with Crippen LogP contribution in [0.4, 0.5) is 0 Å². The maximum Gasteiger partial charge on any atom is 0.152 e. The SMILES string of the molecule is Cc1nc(Cl)c(C(CN)N(C)C)[nH]1. The van der Waals surface area contributed by atoms with Crippen LogP contribution >= 0.6 is 11.6 Å². The molecule has 0 aliphatic rings. The zero-order valence-corrected chi connectivity index (χ0v) is 8.89. The number of halogens is 1. The Bertz CT molecular complexity index is 282. The van der Waals surface area contributed by atoms with E-state index in [0.717, 1.165) is 11.5 Å². The van der Waals surface area contributed by atoms with Gasteiger partial charge in [-0.1, -0.05) is 11.6 Å². The summed E-state index contributed by atoms with van der Waals surface area (Å²) in [5.41, 5.74) is 6.53. The molecule has 0 aliphatic heterocycles. The van der Waals surface area contributed by atoms with Crippen molar-refractivity contribution in [2.45, 2.75) is 13.0 Å². The van der Waals surface area contributed by atoms with E-state index in [1.54, 1.807) is 0 Å². The van der Waals surface area contributed by atoms with Crippen LogP contribution in [0.1, 0.15) is 17.6 Å². The average Bonchev–Trinajstić information content (AvgIpc) is 2.31. The van der Waals surface area contributed by atoms with Crippen molar-refractivity contribution in [1.29, 1.82) is 0 Å². The smallest absolute Gasteiger partial charge is 0.152 e. The molecule has 1 rings (SSSR count). The van der Waals surface area contributed by atoms with E-state index in [2.05, 4.69) is 9.97 Å². The van der Waals surface area contributed by atoms with Crippen molar-refractivity contribution < 1.29 is 0 Å². The second-order valence-corrected chi connectivity index (χ2v) is 3.60. The molecular formula is C8H15ClN4. The van der Waals surface area contributed by atoms with Crippen molar-refractivity contribution in [3.05, 3.63) is 16.7 Å². The van der Waals surface area contributed by atoms with E-state index in [1.165, 1.54) is 0 Å². The first kappa shape index (κ1) is 10.5. The number of rotatable bonds is 3. The summed E-state index contributed by atoms with van der Waals surface area (Å²) in [5, 5.41) is 0.515. The number of hydrogen-bond acceptors (Lipinski definition) is 3. The van der Waals surface area contributed by atoms with Crippen LogP contribution in [0.15, 0.2) is 0 Å². The Kier molecular flexibility index (Phi) is 3.30. The largest absolute Gasteiger partial charge is 0.343 e. The van der Waals surface area contributed by atoms with Gasteiger partial charge in [-0.15, -0.1) is 0 Å². The summed E-state index contributed by atoms with van der Waals surface area (Å²) < 4.78 is 0. The van der Waals surface area contributed by atoms with Crippen LogP contribution in [0, 0.1) is 6.92 Å². The third-order valence-electron chi connectivity index (χ3n) is 1.98. The number of nitrogens with one attached hydrogen (secondary N) is 1. The van der Waals surface area contributed by atoms with Gasteiger partial charge in [0, 0.05) is 6.54 Å². The molecule has 0 fully saturated rings. The van der Waals surface area contributed by atoms with Gasteiger partial charge in [-0.05, 0) is 21.0 Å². The fourth-order valence-corrected chi connectivity index (χ4v) is 1.59. The number of likely N-dealkylation sites (N-methyl/N-ethyl adjacent to an activating group) is 1. The lowest BCUT2D eigenvalue weighted by molar-refractivity contribution is 0.301. The molecule has 1 aromatic rings. The van der Waals surface area contributed by atoms with Gasteiger partial charge in [0.2, 0.25) is 0 Å². The van der Waals surface area contributed by atoms with Crippen LogP contribution < -0.4 is 5.73 Å². The van der Waals surface area contributed by atoms with Gasteiger partial charge < -0.3 is 10.7 Å². The Labute approximate surface area is 83.1 Å². The van der Waals surface area contributed by atoms with Crippen molar-refractivity contribution in [2.75, 3.05) is 20.6 Å². The van der Waals surface area contributed by atoms with Crippen LogP contribution in [-0.2, 0) is 0 Å². The molecule has 1 heterocycles. The van der Waals surface area contributed by atoms with Gasteiger partial charge in [-0.2, -0.15) is 0 Å². The minimum atomic E-state index is 0.105. The maximum absolute atomic E-state index is 5.94. The Balaban J connectivity index is 2.97. The second kappa shape index (κ2) is 4.09. The molecule has 0 amide bonds. The van der Waals surface area contributed by atoms with E-state index in [1.807, 2.05) is 25.9 Å². The Hall–Kier alpha value is -0.580. The molecular weight excluding hydrogens is 188 g/mol. The first-order valence-corrected chi connectivity index (χ1v) is 4.52. The first-order chi connectivity index (χ1) is 6.06. The van der Waals surface area contributed by atoms with Gasteiger partial charge in [0.25, 0.3) is 0 Å². The highest BCUT2D eigenvalue weighted by molar-refractivity contribution is 6.30. The van der Waals surface area contributed by atoms with Gasteiger partial charge in [0.1, 0.15) is 5.82 Å². The highest BCUT2D eigenvalue weighted by Gasteiger charge is 2.18. The van der Waals surface area contributed by atoms with Gasteiger partial charge in [0.05, 0.1) is 11.7 Å². The van der Waals surface area contributed by atoms with Gasteiger partial charge in [-0.3, -0.25) is 4.90 Å². The molecule has 0 spiro atoms. The highest BCUT2D eigenvalue weighted by atomic mass is 35.5. The quantitative estimate of drug-likeness (QED) is 0.767. The normalized spacial score (nSPS) is 13.7. The average molecular weight is 203 g/mol. The molecule has 1 aromatic heterocycles. The molecule has 3 N–H and O–H groups in total. The van der Waals surface area contributed by atoms with Crippen molar-refractivity contribution >= 4 is 11.6 Å². The highest BCUT2D eigenvalue weighted by Crippen LogP contribution is 2.22. The summed E-state index contributed by atoms with van der Waals surface area (Å²) in [6.07, 6.45) is 0. The summed E-state index contributed by atoms with van der Waals surface area (Å²) in [6.45, 7) is 2.40. The number of aromatic amines is 1. The van der Waals surface area contributed by atoms with E-state index in [9.17, 15) is 0 Å². The number of imidazole rings is 1. The van der Waals surface area contributed by atoms with E-state index in [0.29, 0.717) is 11.7 Å². The lowest BCUT2D eigenvalue weighted by Crippen LogP contribution is -2.27. The summed E-state index contributed by atoms with van der Waals surface area (Å²) in [5.74, 6) is 0.820. The predicted octanol–water partition coefficient (Wildman–Crippen LogP) is 0.933. The zero-order valence-electron chi connectivity index (χ0n) is 8.13. The minimum Gasteiger partial charge on any atom is -0.343 e. The van der Waals surface area contributed by atoms with Crippen LogP contribution in [0.25, 0.3) is 0 Å². The molecule has 0 aliphatic carbocycles. The molecule has 74 valence electrons. The molecule has 0 saturated carbocycles. The monoisotopic (exact) mass is 202 g/mol. The molecule has 1 atom stereocenters. The van der Waals surface area contributed by atoms with Crippen LogP contribution in [0.5, 0.6) is 0 Å². The molecule has 1 unspecified atom stereocenters. The lowest BCUT2D eigenvalue weighted by atomic mass is 10.2. The molecule has 5 heteroatoms. The third kappa shape index (κ3) is 2.21. The number of nitrogens with zero attached hydrogens (tertiary/aromatic N) is 2. The standard InChI is InChI=1S/C8H15ClN4/c1-5-11-7(8(9)12-5)6(4-10)13(2)3/h6H,4,10H2,1-3H3,(H,11,12). The fraction of sp³-hybridized carbons (Fsp3) is 0.625. The van der Waals surface area contributed by atoms with Crippen molar-refractivity contribution in [2.24, 2.45) is 5.73 Å². The molecule has 4 nitrogen and oxygen atoms in total. The molecule has 13 heavy (non-hydrogen) atoms. The van der Waals surface area contributed by atoms with Crippen molar-refractivity contribution in [3.8, 4) is 0 Å². The van der Waals surface area contributed by atoms with E-state index in [-0.39, 0.29) is 6.04 Å². The molecule has 0 bridgehead atoms. The minimum absolute atomic E-state index is 0.105. The maximum atomic E-state index is 5.94. The van der Waals surface area contributed by atoms with Gasteiger partial charge in [0.15, 0.2) is 5.15 Å². The van der Waals surface area contributed by atoms with Crippen molar-refractivity contribution in [3.63, 3.8) is 0 Å². The molecule has 0 radical (unpaired) electrons. The second-order valence-electron chi connectivity index (χ2n) is 3.24. The summed E-state index contributed by atoms with van der Waals surface area (Å²) in [6, 6.07) is 0.105. The van der Waals surface area contributed by atoms with E-state index in [4.69, 9.17) is 17.3 Å². The predicted molar refractivity (Wildman–Crippen MR) is 53.8 cm³/mol. The summed E-state index contributed by atoms with van der Waals surface area (Å²) >= 11 is 5.94. The molecule has 0 saturated heterocycles. The first-order valence-electron chi connectivity index (χ1n) is 4.14. The van der Waals surface area contributed by atoms with E-state index >= 15 is 0 Å². The lowest BCUT2D eigenvalue weighted by Gasteiger charge is -2.21. The van der Waals surface area contributed by atoms with Crippen LogP contribution in [-0.4, -0.2) is 35.5 Å². The van der Waals surface area contributed by atoms with Gasteiger partial charge >= 0.3 is 0 Å². The van der Waals surface area contributed by atoms with Crippen molar-refractivity contribution in [1.82, 2.24) is 14.9 Å². The van der Waals surface area contributed by atoms with Crippen LogP contribution in [0.3, 0.4) is 0 Å². The Morgan fingerprint density at radius 3 is 2.54 bits per heavy atom. The third-order valence-corrected chi connectivity index (χ3v) is 2.27. The zero-order chi connectivity index (χ0) is 10.0. The number of aryl methyl sites for hydroxylation is 1. The summed E-state index contributed by atoms with van der Waals surface area (Å²) in [4.78, 5) is 9.21. The van der Waals surface area contributed by atoms with Crippen LogP contribution in [0.2, 0.25) is 5.15 Å². The van der Waals surface area contributed by atoms with Gasteiger partial charge in [-0.25, -0.2) is 4.98 Å². The molecule has 0 aromatic carbocycles. The fourth-order valence-electron chi connectivity index (χ4n) is 1.29. The van der Waals surface area contributed by atoms with E-state index < -0.39 is 0 Å². The Morgan fingerprint density at radius 2 is 2.23 bits per heavy atom. The number of H-pyrrole nitrogens is 1. The topological polar surface area (TPSA) is 57.9 Å². The Morgan fingerprint density at radius 1 is 1.62 bits per heavy atom. The summed E-state index contributed by atoms with van der Waals surface area (Å²) in [7, 11) is 3.92. The number of hydrogen-bond donors (Lipinski definition) is 2. The number of aromatic nitrogens is 2. The number of nitrogens with two attached hydrogens (primary N) is 1.